The van der Waals surface area contributed by atoms with Crippen LogP contribution < -0.4 is 20.2 Å². The monoisotopic (exact) mass is 743 g/mol. The molecule has 1 fully saturated rings. The zero-order valence-electron chi connectivity index (χ0n) is 30.4. The number of hydrogen-bond acceptors (Lipinski definition) is 8. The summed E-state index contributed by atoms with van der Waals surface area (Å²) in [6, 6.07) is 42.6. The van der Waals surface area contributed by atoms with Crippen LogP contribution in [0.25, 0.3) is 11.8 Å². The number of rotatable bonds is 6. The average Bonchev–Trinajstić information content (AvgIpc) is 3.70. The maximum atomic E-state index is 5.28. The summed E-state index contributed by atoms with van der Waals surface area (Å²) in [7, 11) is 4.29. The number of anilines is 3. The van der Waals surface area contributed by atoms with Gasteiger partial charge in [-0.15, -0.1) is 0 Å². The van der Waals surface area contributed by atoms with E-state index in [9.17, 15) is 0 Å². The Morgan fingerprint density at radius 1 is 0.630 bits per heavy atom. The highest BCUT2D eigenvalue weighted by molar-refractivity contribution is 8.04. The van der Waals surface area contributed by atoms with Crippen LogP contribution in [0.15, 0.2) is 194 Å². The lowest BCUT2D eigenvalue weighted by molar-refractivity contribution is 0.167. The van der Waals surface area contributed by atoms with Gasteiger partial charge in [-0.05, 0) is 96.1 Å². The molecular weight excluding hydrogens is 703 g/mol. The van der Waals surface area contributed by atoms with E-state index in [1.165, 1.54) is 36.8 Å². The van der Waals surface area contributed by atoms with E-state index >= 15 is 0 Å². The summed E-state index contributed by atoms with van der Waals surface area (Å²) in [6.07, 6.45) is 15.7. The van der Waals surface area contributed by atoms with E-state index in [1.807, 2.05) is 23.5 Å². The van der Waals surface area contributed by atoms with Crippen molar-refractivity contribution in [1.82, 2.24) is 14.5 Å². The summed E-state index contributed by atoms with van der Waals surface area (Å²) in [5.74, 6) is 0. The summed E-state index contributed by atoms with van der Waals surface area (Å²) in [4.78, 5) is 11.8. The third-order valence-electron chi connectivity index (χ3n) is 10.0. The summed E-state index contributed by atoms with van der Waals surface area (Å²) < 4.78 is 2.18. The summed E-state index contributed by atoms with van der Waals surface area (Å²) in [5.41, 5.74) is 9.09. The van der Waals surface area contributed by atoms with Crippen molar-refractivity contribution in [3.05, 3.63) is 191 Å². The van der Waals surface area contributed by atoms with E-state index in [0.717, 1.165) is 54.3 Å². The number of pyridine rings is 1. The molecule has 9 rings (SSSR count). The second-order valence-corrected chi connectivity index (χ2v) is 15.7. The number of hydrogen-bond donors (Lipinski definition) is 0. The van der Waals surface area contributed by atoms with Gasteiger partial charge in [0.15, 0.2) is 5.49 Å². The van der Waals surface area contributed by atoms with Crippen LogP contribution >= 0.6 is 23.5 Å². The highest BCUT2D eigenvalue weighted by atomic mass is 32.2. The van der Waals surface area contributed by atoms with Gasteiger partial charge in [0.2, 0.25) is 0 Å². The third-order valence-corrected chi connectivity index (χ3v) is 12.3. The number of para-hydroxylation sites is 4. The molecule has 5 aromatic rings. The Hall–Kier alpha value is -5.77. The number of allylic oxidation sites excluding steroid dienone is 4. The van der Waals surface area contributed by atoms with Gasteiger partial charge in [0.25, 0.3) is 0 Å². The minimum atomic E-state index is 0.819. The molecule has 4 aliphatic rings. The van der Waals surface area contributed by atoms with Gasteiger partial charge in [0.05, 0.1) is 40.2 Å². The molecule has 0 spiro atoms. The van der Waals surface area contributed by atoms with Crippen LogP contribution in [0.1, 0.15) is 5.56 Å². The Labute approximate surface area is 325 Å². The van der Waals surface area contributed by atoms with Gasteiger partial charge in [0, 0.05) is 66.9 Å². The number of nitrogens with zero attached hydrogens (tertiary/aromatic N) is 7. The molecule has 0 atom stereocenters. The second-order valence-electron chi connectivity index (χ2n) is 13.6. The van der Waals surface area contributed by atoms with Gasteiger partial charge in [0.1, 0.15) is 0 Å². The Bertz CT molecular complexity index is 2400. The zero-order chi connectivity index (χ0) is 36.4. The molecular formula is C45H41N7S2. The third kappa shape index (κ3) is 7.00. The van der Waals surface area contributed by atoms with E-state index in [1.54, 1.807) is 0 Å². The van der Waals surface area contributed by atoms with Gasteiger partial charge >= 0.3 is 0 Å². The normalized spacial score (nSPS) is 19.3. The minimum absolute atomic E-state index is 0.819. The molecule has 5 heterocycles. The predicted molar refractivity (Wildman–Crippen MR) is 226 cm³/mol. The van der Waals surface area contributed by atoms with Crippen LogP contribution in [0.4, 0.5) is 17.1 Å². The van der Waals surface area contributed by atoms with E-state index in [2.05, 4.69) is 207 Å². The van der Waals surface area contributed by atoms with Crippen LogP contribution in [-0.4, -0.2) is 54.8 Å². The molecule has 0 bridgehead atoms. The minimum Gasteiger partial charge on any atom is -0.372 e. The van der Waals surface area contributed by atoms with Crippen molar-refractivity contribution < 1.29 is 0 Å². The van der Waals surface area contributed by atoms with Crippen LogP contribution in [0.2, 0.25) is 0 Å². The largest absolute Gasteiger partial charge is 0.372 e. The maximum absolute atomic E-state index is 5.28. The fourth-order valence-corrected chi connectivity index (χ4v) is 9.30. The van der Waals surface area contributed by atoms with E-state index in [0.29, 0.717) is 0 Å². The summed E-state index contributed by atoms with van der Waals surface area (Å²) in [6.45, 7) is 3.37. The smallest absolute Gasteiger partial charge is 0.157 e. The number of aromatic nitrogens is 1. The standard InChI is InChI=1S/C45H41N7S2/c1-47-39-17-9-11-19-41(39)53-44(47)31-34-21-23-51(36-13-5-3-6-14-36)38(29-34)33-49-25-27-50(28-26-49)46-43-30-35(22-24-52(43)37-15-7-4-8-16-37)32-45-48(2)40-18-10-12-20-42(40)54-45/h3-24,29-33H,25-28H2,1-2H3/b38-33-,44-31+,45-32+,46-43-. The topological polar surface area (TPSA) is 33.5 Å². The lowest BCUT2D eigenvalue weighted by Crippen LogP contribution is -2.43. The van der Waals surface area contributed by atoms with Crippen molar-refractivity contribution in [2.75, 3.05) is 55.0 Å². The molecule has 4 aromatic carbocycles. The van der Waals surface area contributed by atoms with Crippen molar-refractivity contribution in [2.45, 2.75) is 9.79 Å². The Morgan fingerprint density at radius 2 is 1.22 bits per heavy atom. The number of benzene rings is 4. The van der Waals surface area contributed by atoms with Crippen LogP contribution in [0.3, 0.4) is 0 Å². The predicted octanol–water partition coefficient (Wildman–Crippen LogP) is 9.34. The Kier molecular flexibility index (Phi) is 9.41. The zero-order valence-corrected chi connectivity index (χ0v) is 32.0. The molecule has 0 unspecified atom stereocenters. The molecule has 0 aliphatic carbocycles. The molecule has 0 N–H and O–H groups in total. The second kappa shape index (κ2) is 14.9. The highest BCUT2D eigenvalue weighted by Gasteiger charge is 2.24. The molecule has 9 heteroatoms. The molecule has 0 saturated carbocycles. The SMILES string of the molecule is CN1/C(=C\C2=CC(=C/N3CCN(/N=c4/cc(/C=C5/Sc6ccccc6N5C)ccn4-c4ccccc4)CC3)/N(c3ccccc3)C=C2)Sc2ccccc21. The number of fused-ring (bicyclic) bond motifs is 2. The van der Waals surface area contributed by atoms with Crippen LogP contribution in [0, 0.1) is 0 Å². The summed E-state index contributed by atoms with van der Waals surface area (Å²) in [5, 5.41) is 9.93. The van der Waals surface area contributed by atoms with Crippen molar-refractivity contribution in [1.29, 1.82) is 0 Å². The molecule has 1 saturated heterocycles. The lowest BCUT2D eigenvalue weighted by atomic mass is 10.1. The number of piperazine rings is 1. The van der Waals surface area contributed by atoms with Crippen LogP contribution in [-0.2, 0) is 0 Å². The number of thioether (sulfide) groups is 2. The van der Waals surface area contributed by atoms with Crippen LogP contribution in [0.5, 0.6) is 0 Å². The molecule has 54 heavy (non-hydrogen) atoms. The van der Waals surface area contributed by atoms with Gasteiger partial charge < -0.3 is 24.2 Å². The first-order valence-electron chi connectivity index (χ1n) is 18.3. The van der Waals surface area contributed by atoms with E-state index < -0.39 is 0 Å². The molecule has 0 radical (unpaired) electrons. The fourth-order valence-electron chi connectivity index (χ4n) is 7.08. The van der Waals surface area contributed by atoms with Crippen molar-refractivity contribution in [2.24, 2.45) is 5.10 Å². The van der Waals surface area contributed by atoms with Crippen molar-refractivity contribution >= 4 is 46.7 Å². The molecule has 0 amide bonds. The lowest BCUT2D eigenvalue weighted by Gasteiger charge is -2.34. The Balaban J connectivity index is 0.976. The molecule has 4 aliphatic heterocycles. The maximum Gasteiger partial charge on any atom is 0.157 e. The first kappa shape index (κ1) is 34.0. The summed E-state index contributed by atoms with van der Waals surface area (Å²) >= 11 is 3.63. The highest BCUT2D eigenvalue weighted by Crippen LogP contribution is 2.46. The molecule has 1 aromatic heterocycles. The molecule has 268 valence electrons. The first-order chi connectivity index (χ1) is 26.6. The molecule has 7 nitrogen and oxygen atoms in total. The quantitative estimate of drug-likeness (QED) is 0.172. The van der Waals surface area contributed by atoms with Gasteiger partial charge in [-0.3, -0.25) is 5.01 Å². The van der Waals surface area contributed by atoms with Gasteiger partial charge in [-0.2, -0.15) is 5.10 Å². The van der Waals surface area contributed by atoms with Gasteiger partial charge in [-0.1, -0.05) is 84.2 Å². The Morgan fingerprint density at radius 3 is 1.87 bits per heavy atom. The van der Waals surface area contributed by atoms with Gasteiger partial charge in [-0.25, -0.2) is 0 Å². The first-order valence-corrected chi connectivity index (χ1v) is 19.9. The van der Waals surface area contributed by atoms with E-state index in [4.69, 9.17) is 5.10 Å². The van der Waals surface area contributed by atoms with E-state index in [-0.39, 0.29) is 0 Å². The van der Waals surface area contributed by atoms with Crippen molar-refractivity contribution in [3.8, 4) is 5.69 Å². The van der Waals surface area contributed by atoms with Crippen molar-refractivity contribution in [3.63, 3.8) is 0 Å². The fraction of sp³-hybridized carbons (Fsp3) is 0.133. The average molecular weight is 744 g/mol.